The molecule has 0 aromatic carbocycles. The van der Waals surface area contributed by atoms with Gasteiger partial charge in [0.1, 0.15) is 0 Å². The molecule has 0 radical (unpaired) electrons. The fourth-order valence-electron chi connectivity index (χ4n) is 3.61. The molecule has 0 saturated carbocycles. The highest BCUT2D eigenvalue weighted by Crippen LogP contribution is 2.22. The summed E-state index contributed by atoms with van der Waals surface area (Å²) in [6.07, 6.45) is 5.11. The van der Waals surface area contributed by atoms with Crippen molar-refractivity contribution in [1.29, 1.82) is 0 Å². The van der Waals surface area contributed by atoms with Gasteiger partial charge in [-0.15, -0.1) is 11.3 Å². The highest BCUT2D eigenvalue weighted by Gasteiger charge is 2.24. The smallest absolute Gasteiger partial charge is 0.222 e. The lowest BCUT2D eigenvalue weighted by atomic mass is 9.96. The van der Waals surface area contributed by atoms with E-state index in [-0.39, 0.29) is 0 Å². The van der Waals surface area contributed by atoms with Gasteiger partial charge in [0.25, 0.3) is 0 Å². The van der Waals surface area contributed by atoms with E-state index in [2.05, 4.69) is 15.2 Å². The van der Waals surface area contributed by atoms with Crippen LogP contribution in [0, 0.1) is 18.8 Å². The summed E-state index contributed by atoms with van der Waals surface area (Å²) in [5.41, 5.74) is 2.94. The molecule has 2 aliphatic heterocycles. The monoisotopic (exact) mass is 351 g/mol. The van der Waals surface area contributed by atoms with Crippen molar-refractivity contribution in [2.75, 3.05) is 32.8 Å². The quantitative estimate of drug-likeness (QED) is 0.820. The molecular weight excluding hydrogens is 322 g/mol. The molecule has 1 N–H and O–H groups in total. The van der Waals surface area contributed by atoms with Crippen LogP contribution in [0.15, 0.2) is 5.51 Å². The average molecular weight is 352 g/mol. The summed E-state index contributed by atoms with van der Waals surface area (Å²) in [6, 6.07) is 0. The van der Waals surface area contributed by atoms with Gasteiger partial charge in [0.2, 0.25) is 5.91 Å². The van der Waals surface area contributed by atoms with Crippen LogP contribution in [0.2, 0.25) is 0 Å². The normalized spacial score (nSPS) is 24.2. The number of carbonyl (C=O) groups excluding carboxylic acids is 1. The van der Waals surface area contributed by atoms with Gasteiger partial charge >= 0.3 is 0 Å². The van der Waals surface area contributed by atoms with Crippen LogP contribution >= 0.6 is 11.3 Å². The minimum atomic E-state index is 0.292. The highest BCUT2D eigenvalue weighted by atomic mass is 32.1. The molecule has 1 aromatic rings. The number of aryl methyl sites for hydroxylation is 1. The summed E-state index contributed by atoms with van der Waals surface area (Å²) in [5, 5.41) is 3.41. The third kappa shape index (κ3) is 5.01. The van der Waals surface area contributed by atoms with E-state index in [1.54, 1.807) is 11.3 Å². The zero-order valence-electron chi connectivity index (χ0n) is 14.6. The van der Waals surface area contributed by atoms with Gasteiger partial charge < -0.3 is 15.0 Å². The maximum atomic E-state index is 12.9. The summed E-state index contributed by atoms with van der Waals surface area (Å²) in [6.45, 7) is 7.43. The number of rotatable bonds is 7. The van der Waals surface area contributed by atoms with Crippen molar-refractivity contribution < 1.29 is 9.53 Å². The van der Waals surface area contributed by atoms with Gasteiger partial charge in [-0.2, -0.15) is 0 Å². The third-order valence-corrected chi connectivity index (χ3v) is 6.11. The molecule has 0 bridgehead atoms. The second kappa shape index (κ2) is 8.92. The molecule has 2 saturated heterocycles. The number of ether oxygens (including phenoxy) is 1. The van der Waals surface area contributed by atoms with Crippen molar-refractivity contribution >= 4 is 17.2 Å². The van der Waals surface area contributed by atoms with Crippen LogP contribution in [-0.2, 0) is 16.1 Å². The van der Waals surface area contributed by atoms with Gasteiger partial charge in [0.15, 0.2) is 0 Å². The van der Waals surface area contributed by atoms with Crippen LogP contribution in [0.5, 0.6) is 0 Å². The van der Waals surface area contributed by atoms with E-state index in [4.69, 9.17) is 4.74 Å². The molecule has 24 heavy (non-hydrogen) atoms. The summed E-state index contributed by atoms with van der Waals surface area (Å²) in [7, 11) is 0. The summed E-state index contributed by atoms with van der Waals surface area (Å²) < 4.78 is 5.54. The largest absolute Gasteiger partial charge is 0.381 e. The zero-order chi connectivity index (χ0) is 16.8. The Morgan fingerprint density at radius 1 is 1.46 bits per heavy atom. The minimum Gasteiger partial charge on any atom is -0.381 e. The minimum absolute atomic E-state index is 0.292. The topological polar surface area (TPSA) is 54.5 Å². The molecule has 2 aliphatic rings. The summed E-state index contributed by atoms with van der Waals surface area (Å²) in [4.78, 5) is 20.5. The van der Waals surface area contributed by atoms with Gasteiger partial charge in [0, 0.05) is 31.1 Å². The Morgan fingerprint density at radius 2 is 2.38 bits per heavy atom. The predicted octanol–water partition coefficient (Wildman–Crippen LogP) is 2.60. The van der Waals surface area contributed by atoms with Crippen LogP contribution in [0.3, 0.4) is 0 Å². The van der Waals surface area contributed by atoms with Crippen molar-refractivity contribution in [1.82, 2.24) is 15.2 Å². The zero-order valence-corrected chi connectivity index (χ0v) is 15.4. The van der Waals surface area contributed by atoms with E-state index >= 15 is 0 Å². The van der Waals surface area contributed by atoms with Crippen LogP contribution in [0.4, 0.5) is 0 Å². The number of thiazole rings is 1. The SMILES string of the molecule is Cc1ncsc1CN(C[C@@H]1CCNC1)C(=O)CC[C@@H]1CCCOC1. The Bertz CT molecular complexity index is 522. The molecule has 3 rings (SSSR count). The molecule has 2 fully saturated rings. The van der Waals surface area contributed by atoms with Crippen molar-refractivity contribution in [2.45, 2.75) is 45.6 Å². The number of nitrogens with zero attached hydrogens (tertiary/aromatic N) is 2. The molecule has 0 spiro atoms. The maximum Gasteiger partial charge on any atom is 0.222 e. The second-order valence-corrected chi connectivity index (χ2v) is 8.06. The first-order valence-corrected chi connectivity index (χ1v) is 10.1. The number of aromatic nitrogens is 1. The molecule has 0 unspecified atom stereocenters. The molecule has 6 heteroatoms. The number of amides is 1. The van der Waals surface area contributed by atoms with Crippen LogP contribution in [-0.4, -0.2) is 48.6 Å². The Labute approximate surface area is 148 Å². The van der Waals surface area contributed by atoms with Crippen molar-refractivity contribution in [3.05, 3.63) is 16.1 Å². The molecule has 1 amide bonds. The van der Waals surface area contributed by atoms with E-state index in [1.165, 1.54) is 17.7 Å². The van der Waals surface area contributed by atoms with Crippen molar-refractivity contribution in [3.8, 4) is 0 Å². The number of carbonyl (C=O) groups is 1. The molecule has 5 nitrogen and oxygen atoms in total. The Morgan fingerprint density at radius 3 is 3.04 bits per heavy atom. The van der Waals surface area contributed by atoms with Gasteiger partial charge in [-0.1, -0.05) is 0 Å². The predicted molar refractivity (Wildman–Crippen MR) is 96.0 cm³/mol. The number of hydrogen-bond donors (Lipinski definition) is 1. The highest BCUT2D eigenvalue weighted by molar-refractivity contribution is 7.09. The molecular formula is C18H29N3O2S. The third-order valence-electron chi connectivity index (χ3n) is 5.19. The van der Waals surface area contributed by atoms with Gasteiger partial charge in [0.05, 0.1) is 17.7 Å². The van der Waals surface area contributed by atoms with Crippen LogP contribution < -0.4 is 5.32 Å². The maximum absolute atomic E-state index is 12.9. The van der Waals surface area contributed by atoms with Crippen molar-refractivity contribution in [2.24, 2.45) is 11.8 Å². The lowest BCUT2D eigenvalue weighted by molar-refractivity contribution is -0.132. The second-order valence-electron chi connectivity index (χ2n) is 7.12. The summed E-state index contributed by atoms with van der Waals surface area (Å²) in [5.74, 6) is 1.43. The van der Waals surface area contributed by atoms with E-state index in [0.717, 1.165) is 51.4 Å². The Hall–Kier alpha value is -0.980. The first-order chi connectivity index (χ1) is 11.7. The van der Waals surface area contributed by atoms with E-state index in [1.807, 2.05) is 12.4 Å². The van der Waals surface area contributed by atoms with Gasteiger partial charge in [-0.05, 0) is 57.5 Å². The van der Waals surface area contributed by atoms with Crippen LogP contribution in [0.1, 0.15) is 42.7 Å². The summed E-state index contributed by atoms with van der Waals surface area (Å²) >= 11 is 1.66. The first kappa shape index (κ1) is 17.8. The average Bonchev–Trinajstić information content (AvgIpc) is 3.25. The lowest BCUT2D eigenvalue weighted by Crippen LogP contribution is -2.36. The molecule has 134 valence electrons. The molecule has 3 heterocycles. The number of nitrogens with one attached hydrogen (secondary N) is 1. The molecule has 1 aromatic heterocycles. The lowest BCUT2D eigenvalue weighted by Gasteiger charge is -2.27. The Balaban J connectivity index is 1.56. The molecule has 0 aliphatic carbocycles. The van der Waals surface area contributed by atoms with Gasteiger partial charge in [-0.3, -0.25) is 4.79 Å². The van der Waals surface area contributed by atoms with E-state index < -0.39 is 0 Å². The Kier molecular flexibility index (Phi) is 6.63. The fourth-order valence-corrected chi connectivity index (χ4v) is 4.40. The van der Waals surface area contributed by atoms with Gasteiger partial charge in [-0.25, -0.2) is 4.98 Å². The first-order valence-electron chi connectivity index (χ1n) is 9.17. The van der Waals surface area contributed by atoms with Crippen molar-refractivity contribution in [3.63, 3.8) is 0 Å². The van der Waals surface area contributed by atoms with E-state index in [9.17, 15) is 4.79 Å². The van der Waals surface area contributed by atoms with E-state index in [0.29, 0.717) is 30.7 Å². The van der Waals surface area contributed by atoms with Crippen LogP contribution in [0.25, 0.3) is 0 Å². The fraction of sp³-hybridized carbons (Fsp3) is 0.778. The standard InChI is InChI=1S/C18H29N3O2S/c1-14-17(24-13-20-14)11-21(10-16-6-7-19-9-16)18(22)5-4-15-3-2-8-23-12-15/h13,15-16,19H,2-12H2,1H3/t15-,16+/m0/s1. The molecule has 2 atom stereocenters. The number of hydrogen-bond acceptors (Lipinski definition) is 5.